The second-order valence-electron chi connectivity index (χ2n) is 5.51. The van der Waals surface area contributed by atoms with Gasteiger partial charge in [-0.3, -0.25) is 0 Å². The first-order valence-corrected chi connectivity index (χ1v) is 9.63. The summed E-state index contributed by atoms with van der Waals surface area (Å²) in [6.07, 6.45) is 0. The summed E-state index contributed by atoms with van der Waals surface area (Å²) in [6.45, 7) is 4.23. The van der Waals surface area contributed by atoms with Crippen molar-refractivity contribution >= 4 is 51.3 Å². The molecule has 0 saturated heterocycles. The fraction of sp³-hybridized carbons (Fsp3) is 0.357. The van der Waals surface area contributed by atoms with Crippen molar-refractivity contribution in [3.8, 4) is 0 Å². The topological polar surface area (TPSA) is 70.7 Å². The van der Waals surface area contributed by atoms with Gasteiger partial charge >= 0.3 is 0 Å². The molecule has 1 aromatic carbocycles. The lowest BCUT2D eigenvalue weighted by molar-refractivity contribution is -0.440. The quantitative estimate of drug-likeness (QED) is 0.675. The molecule has 9 heteroatoms. The Morgan fingerprint density at radius 2 is 2.04 bits per heavy atom. The molecule has 0 radical (unpaired) electrons. The van der Waals surface area contributed by atoms with Crippen molar-refractivity contribution in [2.75, 3.05) is 0 Å². The number of nitrogens with zero attached hydrogens (tertiary/aromatic N) is 4. The predicted molar refractivity (Wildman–Crippen MR) is 95.1 cm³/mol. The van der Waals surface area contributed by atoms with Gasteiger partial charge < -0.3 is 5.73 Å². The van der Waals surface area contributed by atoms with Crippen molar-refractivity contribution in [2.45, 2.75) is 30.0 Å². The fourth-order valence-electron chi connectivity index (χ4n) is 1.98. The van der Waals surface area contributed by atoms with E-state index in [2.05, 4.69) is 34.9 Å². The highest BCUT2D eigenvalue weighted by molar-refractivity contribution is 8.00. The van der Waals surface area contributed by atoms with Crippen LogP contribution in [0.5, 0.6) is 0 Å². The van der Waals surface area contributed by atoms with Crippen LogP contribution in [0, 0.1) is 5.92 Å². The lowest BCUT2D eigenvalue weighted by atomic mass is 10.1. The Hall–Kier alpha value is -0.860. The maximum Gasteiger partial charge on any atom is 0.235 e. The van der Waals surface area contributed by atoms with Gasteiger partial charge in [-0.1, -0.05) is 66.2 Å². The van der Waals surface area contributed by atoms with Crippen molar-refractivity contribution in [3.63, 3.8) is 0 Å². The van der Waals surface area contributed by atoms with Crippen LogP contribution in [0.3, 0.4) is 0 Å². The summed E-state index contributed by atoms with van der Waals surface area (Å²) in [6, 6.07) is 5.73. The molecule has 0 bridgehead atoms. The third-order valence-electron chi connectivity index (χ3n) is 3.48. The lowest BCUT2D eigenvalue weighted by Gasteiger charge is -2.08. The molecule has 0 unspecified atom stereocenters. The molecule has 0 aliphatic carbocycles. The summed E-state index contributed by atoms with van der Waals surface area (Å²) in [5, 5.41) is 14.2. The van der Waals surface area contributed by atoms with Gasteiger partial charge in [0.2, 0.25) is 10.8 Å². The molecular weight excluding hydrogens is 373 g/mol. The largest absolute Gasteiger partial charge is 0.348 e. The second-order valence-corrected chi connectivity index (χ2v) is 8.50. The van der Waals surface area contributed by atoms with E-state index in [0.29, 0.717) is 16.0 Å². The molecule has 0 spiro atoms. The molecular formula is C14H16Cl2N5S2+. The van der Waals surface area contributed by atoms with Crippen LogP contribution in [0.15, 0.2) is 22.5 Å². The van der Waals surface area contributed by atoms with Gasteiger partial charge in [0.25, 0.3) is 0 Å². The smallest absolute Gasteiger partial charge is 0.235 e. The first-order chi connectivity index (χ1) is 11.0. The van der Waals surface area contributed by atoms with E-state index in [1.807, 2.05) is 18.2 Å². The Labute approximate surface area is 152 Å². The van der Waals surface area contributed by atoms with E-state index in [4.69, 9.17) is 23.2 Å². The highest BCUT2D eigenvalue weighted by atomic mass is 35.5. The minimum atomic E-state index is 0.0695. The Balaban J connectivity index is 1.77. The minimum Gasteiger partial charge on any atom is -0.348 e. The highest BCUT2D eigenvalue weighted by Gasteiger charge is 2.23. The van der Waals surface area contributed by atoms with Crippen LogP contribution in [0.1, 0.15) is 31.3 Å². The molecule has 2 heterocycles. The Bertz CT molecular complexity index is 830. The molecule has 0 aliphatic rings. The van der Waals surface area contributed by atoms with Gasteiger partial charge in [-0.2, -0.15) is 4.52 Å². The van der Waals surface area contributed by atoms with Crippen LogP contribution in [0.25, 0.3) is 4.96 Å². The van der Waals surface area contributed by atoms with Gasteiger partial charge in [0, 0.05) is 11.7 Å². The number of hydrogen-bond donors (Lipinski definition) is 1. The summed E-state index contributed by atoms with van der Waals surface area (Å²) in [4.78, 5) is 0.797. The first-order valence-electron chi connectivity index (χ1n) is 7.07. The van der Waals surface area contributed by atoms with E-state index in [1.165, 1.54) is 11.3 Å². The van der Waals surface area contributed by atoms with Crippen molar-refractivity contribution < 1.29 is 5.73 Å². The van der Waals surface area contributed by atoms with E-state index in [0.717, 1.165) is 26.4 Å². The third kappa shape index (κ3) is 3.64. The number of benzene rings is 1. The molecule has 0 saturated carbocycles. The molecule has 0 fully saturated rings. The zero-order valence-corrected chi connectivity index (χ0v) is 15.8. The van der Waals surface area contributed by atoms with Gasteiger partial charge in [0.1, 0.15) is 6.04 Å². The molecule has 1 atom stereocenters. The van der Waals surface area contributed by atoms with Crippen molar-refractivity contribution in [3.05, 3.63) is 39.6 Å². The maximum atomic E-state index is 6.04. The van der Waals surface area contributed by atoms with E-state index >= 15 is 0 Å². The van der Waals surface area contributed by atoms with Gasteiger partial charge in [0.05, 0.1) is 10.0 Å². The first kappa shape index (κ1) is 17.0. The van der Waals surface area contributed by atoms with Gasteiger partial charge in [0.15, 0.2) is 4.34 Å². The molecule has 0 amide bonds. The maximum absolute atomic E-state index is 6.04. The third-order valence-corrected chi connectivity index (χ3v) is 6.32. The monoisotopic (exact) mass is 388 g/mol. The van der Waals surface area contributed by atoms with Crippen LogP contribution < -0.4 is 5.73 Å². The number of hydrogen-bond acceptors (Lipinski definition) is 5. The predicted octanol–water partition coefficient (Wildman–Crippen LogP) is 3.72. The van der Waals surface area contributed by atoms with Crippen molar-refractivity contribution in [2.24, 2.45) is 5.92 Å². The van der Waals surface area contributed by atoms with Crippen molar-refractivity contribution in [1.29, 1.82) is 0 Å². The Morgan fingerprint density at radius 1 is 1.26 bits per heavy atom. The lowest BCUT2D eigenvalue weighted by Crippen LogP contribution is -2.56. The normalized spacial score (nSPS) is 13.1. The van der Waals surface area contributed by atoms with Gasteiger partial charge in [-0.05, 0) is 17.7 Å². The standard InChI is InChI=1S/C14H15Cl2N5S2/c1-7(2)11(17)12-18-19-13-21(12)20-14(23-13)22-6-8-3-4-9(15)10(16)5-8/h3-5,7,11H,6,17H2,1-2H3/p+1/t11-/m0/s1. The van der Waals surface area contributed by atoms with Gasteiger partial charge in [-0.15, -0.1) is 15.3 Å². The molecule has 0 aliphatic heterocycles. The molecule has 3 rings (SSSR count). The molecule has 5 nitrogen and oxygen atoms in total. The van der Waals surface area contributed by atoms with Gasteiger partial charge in [-0.25, -0.2) is 0 Å². The number of thioether (sulfide) groups is 1. The molecule has 2 aromatic heterocycles. The van der Waals surface area contributed by atoms with Crippen LogP contribution in [-0.2, 0) is 5.75 Å². The molecule has 23 heavy (non-hydrogen) atoms. The van der Waals surface area contributed by atoms with Crippen molar-refractivity contribution in [1.82, 2.24) is 19.8 Å². The molecule has 3 aromatic rings. The Morgan fingerprint density at radius 3 is 2.74 bits per heavy atom. The minimum absolute atomic E-state index is 0.0695. The number of rotatable bonds is 5. The Kier molecular flexibility index (Phi) is 5.13. The SMILES string of the molecule is CC(C)[C@H]([NH3+])c1nnc2sc(SCc3ccc(Cl)c(Cl)c3)nn12. The molecule has 122 valence electrons. The number of fused-ring (bicyclic) bond motifs is 1. The summed E-state index contributed by atoms with van der Waals surface area (Å²) >= 11 is 15.2. The summed E-state index contributed by atoms with van der Waals surface area (Å²) < 4.78 is 2.75. The average Bonchev–Trinajstić information content (AvgIpc) is 3.07. The zero-order chi connectivity index (χ0) is 16.6. The number of quaternary nitrogens is 1. The number of halogens is 2. The van der Waals surface area contributed by atoms with E-state index < -0.39 is 0 Å². The summed E-state index contributed by atoms with van der Waals surface area (Å²) in [7, 11) is 0. The highest BCUT2D eigenvalue weighted by Crippen LogP contribution is 2.30. The average molecular weight is 389 g/mol. The van der Waals surface area contributed by atoms with E-state index in [9.17, 15) is 0 Å². The zero-order valence-electron chi connectivity index (χ0n) is 12.7. The fourth-order valence-corrected chi connectivity index (χ4v) is 4.12. The molecule has 3 N–H and O–H groups in total. The van der Waals surface area contributed by atoms with Crippen LogP contribution in [-0.4, -0.2) is 19.8 Å². The second kappa shape index (κ2) is 6.94. The number of aromatic nitrogens is 4. The van der Waals surface area contributed by atoms with E-state index in [1.54, 1.807) is 16.3 Å². The summed E-state index contributed by atoms with van der Waals surface area (Å²) in [5.41, 5.74) is 5.26. The van der Waals surface area contributed by atoms with Crippen LogP contribution >= 0.6 is 46.3 Å². The summed E-state index contributed by atoms with van der Waals surface area (Å²) in [5.74, 6) is 1.97. The van der Waals surface area contributed by atoms with E-state index in [-0.39, 0.29) is 6.04 Å². The van der Waals surface area contributed by atoms with Crippen LogP contribution in [0.2, 0.25) is 10.0 Å². The van der Waals surface area contributed by atoms with Crippen LogP contribution in [0.4, 0.5) is 0 Å².